The number of rotatable bonds is 6. The molecule has 2 N–H and O–H groups in total. The third-order valence-corrected chi connectivity index (χ3v) is 6.34. The van der Waals surface area contributed by atoms with Gasteiger partial charge in [-0.25, -0.2) is 10.2 Å². The number of nitrogens with zero attached hydrogens (tertiary/aromatic N) is 2. The van der Waals surface area contributed by atoms with Crippen LogP contribution in [0, 0.1) is 34.6 Å². The number of amides is 2. The summed E-state index contributed by atoms with van der Waals surface area (Å²) in [5, 5.41) is 6.74. The van der Waals surface area contributed by atoms with Crippen molar-refractivity contribution in [3.05, 3.63) is 106 Å². The number of pyridine rings is 1. The minimum atomic E-state index is -0.205. The summed E-state index contributed by atoms with van der Waals surface area (Å²) in [4.78, 5) is 17.9. The summed E-state index contributed by atoms with van der Waals surface area (Å²) in [7, 11) is 0. The monoisotopic (exact) mass is 452 g/mol. The maximum atomic E-state index is 13.5. The quantitative estimate of drug-likeness (QED) is 0.328. The lowest BCUT2D eigenvalue weighted by Crippen LogP contribution is -2.44. The lowest BCUT2D eigenvalue weighted by atomic mass is 10.1. The summed E-state index contributed by atoms with van der Waals surface area (Å²) in [5.41, 5.74) is 12.2. The van der Waals surface area contributed by atoms with Crippen molar-refractivity contribution in [2.75, 3.05) is 5.32 Å². The molecule has 0 radical (unpaired) electrons. The molecule has 1 aromatic heterocycles. The minimum absolute atomic E-state index is 0.205. The van der Waals surface area contributed by atoms with Gasteiger partial charge in [-0.05, 0) is 80.1 Å². The van der Waals surface area contributed by atoms with Crippen LogP contribution in [0.3, 0.4) is 0 Å². The van der Waals surface area contributed by atoms with Gasteiger partial charge in [-0.3, -0.25) is 9.99 Å². The maximum absolute atomic E-state index is 13.5. The molecule has 0 fully saturated rings. The van der Waals surface area contributed by atoms with E-state index in [1.54, 1.807) is 5.01 Å². The number of carbonyl (C=O) groups excluding carboxylic acids is 1. The van der Waals surface area contributed by atoms with E-state index in [2.05, 4.69) is 79.8 Å². The number of hydrogen-bond donors (Lipinski definition) is 2. The molecule has 0 atom stereocenters. The lowest BCUT2D eigenvalue weighted by molar-refractivity contribution is 0.177. The zero-order valence-corrected chi connectivity index (χ0v) is 20.6. The Morgan fingerprint density at radius 3 is 2.21 bits per heavy atom. The van der Waals surface area contributed by atoms with Crippen LogP contribution in [-0.4, -0.2) is 16.0 Å². The predicted octanol–water partition coefficient (Wildman–Crippen LogP) is 6.52. The Hall–Kier alpha value is -3.70. The highest BCUT2D eigenvalue weighted by Crippen LogP contribution is 2.24. The lowest BCUT2D eigenvalue weighted by Gasteiger charge is -2.25. The van der Waals surface area contributed by atoms with Gasteiger partial charge in [0.05, 0.1) is 12.2 Å². The summed E-state index contributed by atoms with van der Waals surface area (Å²) in [6.45, 7) is 11.4. The number of hydrazine groups is 1. The van der Waals surface area contributed by atoms with Crippen LogP contribution in [0.15, 0.2) is 66.9 Å². The van der Waals surface area contributed by atoms with Crippen LogP contribution in [0.4, 0.5) is 10.5 Å². The zero-order chi connectivity index (χ0) is 24.2. The minimum Gasteiger partial charge on any atom is -0.306 e. The SMILES string of the molecule is Cc1cc2c(NC(=O)N(Cc3ccc(C)c(C)c3)NCc3ccc(C)c(C)c3)cccc2cn1. The smallest absolute Gasteiger partial charge is 0.306 e. The predicted molar refractivity (Wildman–Crippen MR) is 140 cm³/mol. The molecule has 3 aromatic carbocycles. The second-order valence-corrected chi connectivity index (χ2v) is 9.04. The molecule has 0 spiro atoms. The van der Waals surface area contributed by atoms with E-state index in [4.69, 9.17) is 0 Å². The van der Waals surface area contributed by atoms with Crippen LogP contribution in [-0.2, 0) is 13.1 Å². The Bertz CT molecular complexity index is 1350. The highest BCUT2D eigenvalue weighted by atomic mass is 16.2. The van der Waals surface area contributed by atoms with Crippen molar-refractivity contribution >= 4 is 22.5 Å². The number of urea groups is 1. The van der Waals surface area contributed by atoms with E-state index in [1.165, 1.54) is 22.3 Å². The largest absolute Gasteiger partial charge is 0.336 e. The molecular weight excluding hydrogens is 420 g/mol. The van der Waals surface area contributed by atoms with Crippen LogP contribution < -0.4 is 10.7 Å². The molecule has 2 amide bonds. The number of nitrogens with one attached hydrogen (secondary N) is 2. The Morgan fingerprint density at radius 1 is 0.824 bits per heavy atom. The summed E-state index contributed by atoms with van der Waals surface area (Å²) < 4.78 is 0. The fraction of sp³-hybridized carbons (Fsp3) is 0.241. The van der Waals surface area contributed by atoms with Gasteiger partial charge in [-0.1, -0.05) is 48.5 Å². The molecule has 0 unspecified atom stereocenters. The number of carbonyl (C=O) groups is 1. The molecule has 0 aliphatic rings. The van der Waals surface area contributed by atoms with Crippen molar-refractivity contribution in [3.63, 3.8) is 0 Å². The molecule has 0 bridgehead atoms. The second kappa shape index (κ2) is 10.1. The van der Waals surface area contributed by atoms with Gasteiger partial charge in [0.25, 0.3) is 0 Å². The van der Waals surface area contributed by atoms with Gasteiger partial charge in [0.1, 0.15) is 0 Å². The van der Waals surface area contributed by atoms with E-state index in [0.717, 1.165) is 33.3 Å². The van der Waals surface area contributed by atoms with Crippen LogP contribution in [0.1, 0.15) is 39.1 Å². The highest BCUT2D eigenvalue weighted by molar-refractivity contribution is 6.01. The number of aromatic nitrogens is 1. The summed E-state index contributed by atoms with van der Waals surface area (Å²) in [6.07, 6.45) is 1.84. The summed E-state index contributed by atoms with van der Waals surface area (Å²) in [5.74, 6) is 0. The van der Waals surface area contributed by atoms with Gasteiger partial charge >= 0.3 is 6.03 Å². The molecular formula is C29H32N4O. The van der Waals surface area contributed by atoms with E-state index in [1.807, 2.05) is 37.4 Å². The van der Waals surface area contributed by atoms with Gasteiger partial charge < -0.3 is 5.32 Å². The molecule has 174 valence electrons. The average Bonchev–Trinajstić information content (AvgIpc) is 2.81. The topological polar surface area (TPSA) is 57.3 Å². The Labute approximate surface area is 201 Å². The van der Waals surface area contributed by atoms with E-state index >= 15 is 0 Å². The van der Waals surface area contributed by atoms with Crippen molar-refractivity contribution in [2.45, 2.75) is 47.7 Å². The van der Waals surface area contributed by atoms with Crippen LogP contribution in [0.5, 0.6) is 0 Å². The van der Waals surface area contributed by atoms with Crippen molar-refractivity contribution in [1.29, 1.82) is 0 Å². The summed E-state index contributed by atoms with van der Waals surface area (Å²) in [6, 6.07) is 20.4. The molecule has 5 nitrogen and oxygen atoms in total. The Kier molecular flexibility index (Phi) is 6.94. The second-order valence-electron chi connectivity index (χ2n) is 9.04. The van der Waals surface area contributed by atoms with Crippen LogP contribution in [0.25, 0.3) is 10.8 Å². The van der Waals surface area contributed by atoms with Crippen molar-refractivity contribution in [1.82, 2.24) is 15.4 Å². The molecule has 4 rings (SSSR count). The van der Waals surface area contributed by atoms with Gasteiger partial charge in [0, 0.05) is 29.2 Å². The van der Waals surface area contributed by atoms with Gasteiger partial charge in [0.15, 0.2) is 0 Å². The Morgan fingerprint density at radius 2 is 1.50 bits per heavy atom. The highest BCUT2D eigenvalue weighted by Gasteiger charge is 2.16. The number of benzene rings is 3. The third kappa shape index (κ3) is 5.43. The number of aryl methyl sites for hydroxylation is 5. The fourth-order valence-electron chi connectivity index (χ4n) is 3.95. The first-order chi connectivity index (χ1) is 16.3. The molecule has 0 aliphatic heterocycles. The van der Waals surface area contributed by atoms with E-state index < -0.39 is 0 Å². The standard InChI is InChI=1S/C29H32N4O/c1-19-9-11-24(13-21(19)3)16-31-33(18-25-12-10-20(2)22(4)14-25)29(34)32-28-8-6-7-26-17-30-23(5)15-27(26)28/h6-15,17,31H,16,18H2,1-5H3,(H,32,34). The third-order valence-electron chi connectivity index (χ3n) is 6.34. The number of anilines is 1. The molecule has 0 saturated heterocycles. The van der Waals surface area contributed by atoms with Crippen molar-refractivity contribution in [3.8, 4) is 0 Å². The molecule has 5 heteroatoms. The van der Waals surface area contributed by atoms with Crippen LogP contribution in [0.2, 0.25) is 0 Å². The molecule has 34 heavy (non-hydrogen) atoms. The first-order valence-electron chi connectivity index (χ1n) is 11.6. The average molecular weight is 453 g/mol. The molecule has 0 saturated carbocycles. The fourth-order valence-corrected chi connectivity index (χ4v) is 3.95. The van der Waals surface area contributed by atoms with E-state index in [9.17, 15) is 4.79 Å². The zero-order valence-electron chi connectivity index (χ0n) is 20.6. The van der Waals surface area contributed by atoms with Gasteiger partial charge in [-0.2, -0.15) is 0 Å². The van der Waals surface area contributed by atoms with E-state index in [0.29, 0.717) is 13.1 Å². The van der Waals surface area contributed by atoms with Crippen molar-refractivity contribution < 1.29 is 4.79 Å². The normalized spacial score (nSPS) is 11.0. The molecule has 1 heterocycles. The first-order valence-corrected chi connectivity index (χ1v) is 11.6. The van der Waals surface area contributed by atoms with Crippen LogP contribution >= 0.6 is 0 Å². The van der Waals surface area contributed by atoms with E-state index in [-0.39, 0.29) is 6.03 Å². The van der Waals surface area contributed by atoms with Crippen molar-refractivity contribution in [2.24, 2.45) is 0 Å². The Balaban J connectivity index is 1.59. The van der Waals surface area contributed by atoms with Gasteiger partial charge in [-0.15, -0.1) is 0 Å². The maximum Gasteiger partial charge on any atom is 0.336 e. The molecule has 0 aliphatic carbocycles. The summed E-state index contributed by atoms with van der Waals surface area (Å²) >= 11 is 0. The molecule has 4 aromatic rings. The number of fused-ring (bicyclic) bond motifs is 1. The van der Waals surface area contributed by atoms with Gasteiger partial charge in [0.2, 0.25) is 0 Å². The number of hydrogen-bond acceptors (Lipinski definition) is 3. The first kappa shape index (κ1) is 23.5.